The molecule has 5 rings (SSSR count). The molecule has 5 nitrogen and oxygen atoms in total. The summed E-state index contributed by atoms with van der Waals surface area (Å²) < 4.78 is 0. The Morgan fingerprint density at radius 1 is 1.00 bits per heavy atom. The Labute approximate surface area is 216 Å². The fraction of sp³-hybridized carbons (Fsp3) is 0.393. The molecular formula is C28H30Cl2N4O. The van der Waals surface area contributed by atoms with Gasteiger partial charge in [-0.1, -0.05) is 85.3 Å². The maximum Gasteiger partial charge on any atom is 0.255 e. The second-order valence-electron chi connectivity index (χ2n) is 9.66. The third-order valence-electron chi connectivity index (χ3n) is 7.41. The first kappa shape index (κ1) is 24.1. The van der Waals surface area contributed by atoms with Crippen molar-refractivity contribution in [2.24, 2.45) is 0 Å². The first-order valence-corrected chi connectivity index (χ1v) is 13.2. The maximum atomic E-state index is 13.5. The van der Waals surface area contributed by atoms with Gasteiger partial charge in [-0.3, -0.25) is 4.79 Å². The van der Waals surface area contributed by atoms with E-state index in [4.69, 9.17) is 28.2 Å². The molecule has 35 heavy (non-hydrogen) atoms. The Hall–Kier alpha value is -2.63. The highest BCUT2D eigenvalue weighted by Gasteiger charge is 2.41. The van der Waals surface area contributed by atoms with Crippen LogP contribution >= 0.6 is 23.2 Å². The molecule has 1 aromatic heterocycles. The van der Waals surface area contributed by atoms with Crippen LogP contribution in [0.15, 0.2) is 54.7 Å². The first-order valence-electron chi connectivity index (χ1n) is 12.5. The van der Waals surface area contributed by atoms with Gasteiger partial charge in [-0.25, -0.2) is 9.97 Å². The van der Waals surface area contributed by atoms with E-state index >= 15 is 0 Å². The molecule has 182 valence electrons. The molecule has 3 aromatic rings. The van der Waals surface area contributed by atoms with Gasteiger partial charge < -0.3 is 10.6 Å². The number of hydrogen-bond donors (Lipinski definition) is 2. The summed E-state index contributed by atoms with van der Waals surface area (Å²) in [6.45, 7) is 0.300. The number of benzene rings is 2. The van der Waals surface area contributed by atoms with Crippen LogP contribution in [0, 0.1) is 0 Å². The summed E-state index contributed by atoms with van der Waals surface area (Å²) in [5.74, 6) is 0.423. The smallest absolute Gasteiger partial charge is 0.255 e. The first-order chi connectivity index (χ1) is 17.0. The average molecular weight is 509 g/mol. The minimum atomic E-state index is -0.305. The molecule has 1 amide bonds. The molecule has 0 bridgehead atoms. The Kier molecular flexibility index (Phi) is 7.26. The van der Waals surface area contributed by atoms with Gasteiger partial charge in [-0.15, -0.1) is 0 Å². The number of anilines is 1. The van der Waals surface area contributed by atoms with Crippen LogP contribution in [0.4, 0.5) is 5.95 Å². The largest absolute Gasteiger partial charge is 0.351 e. The maximum absolute atomic E-state index is 13.5. The van der Waals surface area contributed by atoms with Crippen molar-refractivity contribution >= 4 is 35.1 Å². The van der Waals surface area contributed by atoms with Crippen LogP contribution in [0.3, 0.4) is 0 Å². The zero-order valence-electron chi connectivity index (χ0n) is 19.7. The summed E-state index contributed by atoms with van der Waals surface area (Å²) in [7, 11) is 0. The molecule has 1 heterocycles. The van der Waals surface area contributed by atoms with Crippen LogP contribution < -0.4 is 10.6 Å². The average Bonchev–Trinajstić information content (AvgIpc) is 3.57. The van der Waals surface area contributed by atoms with Crippen LogP contribution in [0.1, 0.15) is 78.5 Å². The Morgan fingerprint density at radius 2 is 1.74 bits per heavy atom. The van der Waals surface area contributed by atoms with Crippen molar-refractivity contribution in [1.82, 2.24) is 15.3 Å². The van der Waals surface area contributed by atoms with E-state index in [0.29, 0.717) is 34.1 Å². The molecule has 0 unspecified atom stereocenters. The molecule has 0 saturated heterocycles. The fourth-order valence-electron chi connectivity index (χ4n) is 5.57. The summed E-state index contributed by atoms with van der Waals surface area (Å²) >= 11 is 12.4. The summed E-state index contributed by atoms with van der Waals surface area (Å²) in [6.07, 6.45) is 10.5. The summed E-state index contributed by atoms with van der Waals surface area (Å²) in [5.41, 5.74) is 3.05. The molecule has 2 fully saturated rings. The van der Waals surface area contributed by atoms with Gasteiger partial charge in [0.05, 0.1) is 11.3 Å². The van der Waals surface area contributed by atoms with E-state index in [1.807, 2.05) is 12.1 Å². The molecule has 2 N–H and O–H groups in total. The van der Waals surface area contributed by atoms with Crippen molar-refractivity contribution in [2.75, 3.05) is 5.32 Å². The van der Waals surface area contributed by atoms with Gasteiger partial charge in [0.25, 0.3) is 5.91 Å². The number of nitrogens with one attached hydrogen (secondary N) is 2. The highest BCUT2D eigenvalue weighted by Crippen LogP contribution is 2.47. The van der Waals surface area contributed by atoms with Crippen LogP contribution in [0.5, 0.6) is 0 Å². The van der Waals surface area contributed by atoms with Gasteiger partial charge in [0, 0.05) is 34.2 Å². The monoisotopic (exact) mass is 508 g/mol. The van der Waals surface area contributed by atoms with Crippen LogP contribution in [0.25, 0.3) is 0 Å². The number of nitrogens with zero attached hydrogens (tertiary/aromatic N) is 2. The van der Waals surface area contributed by atoms with Crippen LogP contribution in [-0.4, -0.2) is 21.9 Å². The number of carbonyl (C=O) groups is 1. The van der Waals surface area contributed by atoms with E-state index in [1.54, 1.807) is 18.3 Å². The second kappa shape index (κ2) is 10.5. The lowest BCUT2D eigenvalue weighted by Crippen LogP contribution is -2.33. The lowest BCUT2D eigenvalue weighted by atomic mass is 9.74. The van der Waals surface area contributed by atoms with Gasteiger partial charge in [0.15, 0.2) is 0 Å². The van der Waals surface area contributed by atoms with Gasteiger partial charge >= 0.3 is 0 Å². The van der Waals surface area contributed by atoms with Crippen LogP contribution in [0.2, 0.25) is 10.0 Å². The molecule has 0 radical (unpaired) electrons. The minimum absolute atomic E-state index is 0.194. The molecule has 2 saturated carbocycles. The SMILES string of the molecule is O=C(NCc1ccc(Cl)cc1Cl)c1cnc(NC2CCCC2)nc1C1(c2ccccc2)CCCC1. The number of carbonyl (C=O) groups excluding carboxylic acids is 1. The highest BCUT2D eigenvalue weighted by atomic mass is 35.5. The van der Waals surface area contributed by atoms with Gasteiger partial charge in [0.1, 0.15) is 0 Å². The van der Waals surface area contributed by atoms with Gasteiger partial charge in [-0.05, 0) is 48.9 Å². The Bertz CT molecular complexity index is 1190. The predicted octanol–water partition coefficient (Wildman–Crippen LogP) is 6.93. The fourth-order valence-corrected chi connectivity index (χ4v) is 6.04. The van der Waals surface area contributed by atoms with Crippen molar-refractivity contribution in [3.8, 4) is 0 Å². The van der Waals surface area contributed by atoms with Gasteiger partial charge in [-0.2, -0.15) is 0 Å². The van der Waals surface area contributed by atoms with Crippen molar-refractivity contribution < 1.29 is 4.79 Å². The number of halogens is 2. The molecule has 7 heteroatoms. The van der Waals surface area contributed by atoms with E-state index in [0.717, 1.165) is 49.8 Å². The third kappa shape index (κ3) is 5.17. The predicted molar refractivity (Wildman–Crippen MR) is 141 cm³/mol. The van der Waals surface area contributed by atoms with Crippen molar-refractivity contribution in [3.05, 3.63) is 87.2 Å². The molecule has 2 aromatic carbocycles. The molecule has 2 aliphatic rings. The molecular weight excluding hydrogens is 479 g/mol. The normalized spacial score (nSPS) is 17.4. The number of aromatic nitrogens is 2. The van der Waals surface area contributed by atoms with E-state index in [-0.39, 0.29) is 11.3 Å². The van der Waals surface area contributed by atoms with Crippen molar-refractivity contribution in [3.63, 3.8) is 0 Å². The van der Waals surface area contributed by atoms with E-state index in [1.165, 1.54) is 18.4 Å². The van der Waals surface area contributed by atoms with E-state index in [9.17, 15) is 4.79 Å². The van der Waals surface area contributed by atoms with Crippen LogP contribution in [-0.2, 0) is 12.0 Å². The van der Waals surface area contributed by atoms with E-state index in [2.05, 4.69) is 39.9 Å². The Morgan fingerprint density at radius 3 is 2.46 bits per heavy atom. The summed E-state index contributed by atoms with van der Waals surface area (Å²) in [4.78, 5) is 23.1. The summed E-state index contributed by atoms with van der Waals surface area (Å²) in [6, 6.07) is 16.2. The quantitative estimate of drug-likeness (QED) is 0.363. The molecule has 2 aliphatic carbocycles. The molecule has 0 spiro atoms. The molecule has 0 atom stereocenters. The highest BCUT2D eigenvalue weighted by molar-refractivity contribution is 6.35. The zero-order chi connectivity index (χ0) is 24.3. The zero-order valence-corrected chi connectivity index (χ0v) is 21.2. The number of amides is 1. The number of hydrogen-bond acceptors (Lipinski definition) is 4. The third-order valence-corrected chi connectivity index (χ3v) is 8.00. The lowest BCUT2D eigenvalue weighted by Gasteiger charge is -2.31. The Balaban J connectivity index is 1.50. The van der Waals surface area contributed by atoms with Crippen molar-refractivity contribution in [1.29, 1.82) is 0 Å². The standard InChI is InChI=1S/C28H30Cl2N4O/c29-21-13-12-19(24(30)16-21)17-31-26(35)23-18-32-27(33-22-10-4-5-11-22)34-25(23)28(14-6-7-15-28)20-8-2-1-3-9-20/h1-3,8-9,12-13,16,18,22H,4-7,10-11,14-15,17H2,(H,31,35)(H,32,33,34). The van der Waals surface area contributed by atoms with Crippen molar-refractivity contribution in [2.45, 2.75) is 69.4 Å². The summed E-state index contributed by atoms with van der Waals surface area (Å²) in [5, 5.41) is 7.66. The topological polar surface area (TPSA) is 66.9 Å². The number of rotatable bonds is 7. The van der Waals surface area contributed by atoms with E-state index < -0.39 is 0 Å². The molecule has 0 aliphatic heterocycles. The van der Waals surface area contributed by atoms with Gasteiger partial charge in [0.2, 0.25) is 5.95 Å². The lowest BCUT2D eigenvalue weighted by molar-refractivity contribution is 0.0947. The minimum Gasteiger partial charge on any atom is -0.351 e. The second-order valence-corrected chi connectivity index (χ2v) is 10.5.